The quantitative estimate of drug-likeness (QED) is 0.921. The number of rotatable bonds is 4. The Morgan fingerprint density at radius 1 is 1.43 bits per heavy atom. The molecule has 6 nitrogen and oxygen atoms in total. The van der Waals surface area contributed by atoms with Crippen LogP contribution < -0.4 is 5.32 Å². The second-order valence-corrected chi connectivity index (χ2v) is 8.12. The second kappa shape index (κ2) is 5.84. The molecule has 0 radical (unpaired) electrons. The lowest BCUT2D eigenvalue weighted by molar-refractivity contribution is -0.119. The zero-order valence-corrected chi connectivity index (χ0v) is 13.4. The molecule has 0 spiro atoms. The van der Waals surface area contributed by atoms with Crippen LogP contribution in [0.3, 0.4) is 0 Å². The van der Waals surface area contributed by atoms with Crippen molar-refractivity contribution in [2.45, 2.75) is 23.8 Å². The zero-order chi connectivity index (χ0) is 14.9. The number of nitrogens with one attached hydrogen (secondary N) is 1. The Hall–Kier alpha value is -1.29. The predicted molar refractivity (Wildman–Crippen MR) is 82.0 cm³/mol. The third-order valence-corrected chi connectivity index (χ3v) is 6.70. The van der Waals surface area contributed by atoms with Gasteiger partial charge in [0.25, 0.3) is 0 Å². The first-order valence-electron chi connectivity index (χ1n) is 6.33. The number of hydrogen-bond acceptors (Lipinski definition) is 6. The van der Waals surface area contributed by atoms with E-state index in [2.05, 4.69) is 10.3 Å². The Bertz CT molecular complexity index is 710. The molecule has 1 aliphatic heterocycles. The molecule has 0 bridgehead atoms. The van der Waals surface area contributed by atoms with E-state index in [1.165, 1.54) is 27.0 Å². The first-order chi connectivity index (χ1) is 10.1. The number of anilines is 1. The van der Waals surface area contributed by atoms with Crippen LogP contribution in [0.5, 0.6) is 0 Å². The highest BCUT2D eigenvalue weighted by molar-refractivity contribution is 7.89. The molecule has 3 heterocycles. The minimum atomic E-state index is -3.60. The molecule has 0 aliphatic carbocycles. The van der Waals surface area contributed by atoms with Gasteiger partial charge in [-0.25, -0.2) is 13.4 Å². The van der Waals surface area contributed by atoms with Gasteiger partial charge in [0.05, 0.1) is 4.90 Å². The Labute approximate surface area is 130 Å². The number of thiophene rings is 1. The van der Waals surface area contributed by atoms with Crippen molar-refractivity contribution in [2.24, 2.45) is 0 Å². The minimum absolute atomic E-state index is 0.251. The van der Waals surface area contributed by atoms with Crippen molar-refractivity contribution in [3.63, 3.8) is 0 Å². The predicted octanol–water partition coefficient (Wildman–Crippen LogP) is 2.00. The van der Waals surface area contributed by atoms with Gasteiger partial charge >= 0.3 is 0 Å². The number of sulfonamides is 1. The minimum Gasteiger partial charge on any atom is -0.301 e. The number of aromatic nitrogens is 1. The van der Waals surface area contributed by atoms with E-state index in [9.17, 15) is 13.2 Å². The summed E-state index contributed by atoms with van der Waals surface area (Å²) in [6, 6.07) is 0.896. The number of hydrogen-bond donors (Lipinski definition) is 1. The van der Waals surface area contributed by atoms with Crippen molar-refractivity contribution in [1.29, 1.82) is 0 Å². The molecule has 2 aromatic rings. The van der Waals surface area contributed by atoms with Crippen molar-refractivity contribution in [2.75, 3.05) is 11.9 Å². The Balaban J connectivity index is 1.81. The van der Waals surface area contributed by atoms with Crippen LogP contribution in [-0.2, 0) is 14.8 Å². The van der Waals surface area contributed by atoms with Crippen LogP contribution in [0, 0.1) is 0 Å². The lowest BCUT2D eigenvalue weighted by Gasteiger charge is -2.22. The van der Waals surface area contributed by atoms with Crippen molar-refractivity contribution >= 4 is 43.7 Å². The average Bonchev–Trinajstić information content (AvgIpc) is 3.20. The van der Waals surface area contributed by atoms with Crippen LogP contribution in [0.4, 0.5) is 5.13 Å². The van der Waals surface area contributed by atoms with E-state index >= 15 is 0 Å². The first-order valence-corrected chi connectivity index (χ1v) is 9.60. The van der Waals surface area contributed by atoms with E-state index < -0.39 is 16.1 Å². The summed E-state index contributed by atoms with van der Waals surface area (Å²) in [6.07, 6.45) is 2.80. The van der Waals surface area contributed by atoms with Gasteiger partial charge < -0.3 is 5.32 Å². The normalized spacial score (nSPS) is 19.7. The van der Waals surface area contributed by atoms with Gasteiger partial charge in [-0.2, -0.15) is 15.6 Å². The molecule has 112 valence electrons. The van der Waals surface area contributed by atoms with E-state index in [-0.39, 0.29) is 10.8 Å². The van der Waals surface area contributed by atoms with Gasteiger partial charge in [-0.3, -0.25) is 4.79 Å². The van der Waals surface area contributed by atoms with Crippen LogP contribution in [-0.4, -0.2) is 36.2 Å². The Kier molecular flexibility index (Phi) is 4.07. The number of thiazole rings is 1. The first kappa shape index (κ1) is 14.6. The summed E-state index contributed by atoms with van der Waals surface area (Å²) in [7, 11) is -3.60. The number of carbonyl (C=O) groups is 1. The van der Waals surface area contributed by atoms with Crippen LogP contribution >= 0.6 is 22.7 Å². The van der Waals surface area contributed by atoms with Crippen molar-refractivity contribution in [3.8, 4) is 0 Å². The van der Waals surface area contributed by atoms with Gasteiger partial charge in [0.2, 0.25) is 15.9 Å². The molecule has 0 aromatic carbocycles. The smallest absolute Gasteiger partial charge is 0.244 e. The molecule has 2 aromatic heterocycles. The van der Waals surface area contributed by atoms with E-state index in [0.717, 1.165) is 0 Å². The molecule has 1 fully saturated rings. The molecule has 0 saturated carbocycles. The molecule has 1 N–H and O–H groups in total. The summed E-state index contributed by atoms with van der Waals surface area (Å²) in [4.78, 5) is 16.5. The maximum absolute atomic E-state index is 12.6. The standard InChI is InChI=1S/C12H13N3O3S3/c16-11(14-12-13-4-7-20-12)10-2-1-5-15(10)21(17,18)9-3-6-19-8-9/h3-4,6-8,10H,1-2,5H2,(H,13,14,16). The molecule has 3 rings (SSSR count). The summed E-state index contributed by atoms with van der Waals surface area (Å²) < 4.78 is 26.4. The molecule has 21 heavy (non-hydrogen) atoms. The van der Waals surface area contributed by atoms with Crippen LogP contribution in [0.1, 0.15) is 12.8 Å². The van der Waals surface area contributed by atoms with E-state index in [0.29, 0.717) is 24.5 Å². The van der Waals surface area contributed by atoms with Gasteiger partial charge in [-0.05, 0) is 24.3 Å². The van der Waals surface area contributed by atoms with Gasteiger partial charge in [0.15, 0.2) is 5.13 Å². The monoisotopic (exact) mass is 343 g/mol. The molecule has 9 heteroatoms. The van der Waals surface area contributed by atoms with Crippen LogP contribution in [0.15, 0.2) is 33.3 Å². The largest absolute Gasteiger partial charge is 0.301 e. The highest BCUT2D eigenvalue weighted by Crippen LogP contribution is 2.28. The summed E-state index contributed by atoms with van der Waals surface area (Å²) in [5, 5.41) is 8.22. The topological polar surface area (TPSA) is 79.4 Å². The SMILES string of the molecule is O=C(Nc1nccs1)C1CCCN1S(=O)(=O)c1ccsc1. The molecule has 1 unspecified atom stereocenters. The maximum atomic E-state index is 12.6. The van der Waals surface area contributed by atoms with E-state index in [1.54, 1.807) is 28.4 Å². The fourth-order valence-corrected chi connectivity index (χ4v) is 5.50. The summed E-state index contributed by atoms with van der Waals surface area (Å²) in [5.41, 5.74) is 0. The molecule has 1 atom stereocenters. The summed E-state index contributed by atoms with van der Waals surface area (Å²) in [5.74, 6) is -0.318. The van der Waals surface area contributed by atoms with E-state index in [4.69, 9.17) is 0 Å². The molecule has 1 aliphatic rings. The highest BCUT2D eigenvalue weighted by atomic mass is 32.2. The Morgan fingerprint density at radius 3 is 2.95 bits per heavy atom. The van der Waals surface area contributed by atoms with Crippen LogP contribution in [0.25, 0.3) is 0 Å². The second-order valence-electron chi connectivity index (χ2n) is 4.56. The molecule has 1 amide bonds. The maximum Gasteiger partial charge on any atom is 0.244 e. The summed E-state index contributed by atoms with van der Waals surface area (Å²) >= 11 is 2.63. The van der Waals surface area contributed by atoms with E-state index in [1.807, 2.05) is 0 Å². The average molecular weight is 343 g/mol. The highest BCUT2D eigenvalue weighted by Gasteiger charge is 2.39. The third kappa shape index (κ3) is 2.86. The zero-order valence-electron chi connectivity index (χ0n) is 10.9. The lowest BCUT2D eigenvalue weighted by atomic mass is 10.2. The van der Waals surface area contributed by atoms with Crippen LogP contribution in [0.2, 0.25) is 0 Å². The van der Waals surface area contributed by atoms with Gasteiger partial charge in [0, 0.05) is 23.5 Å². The lowest BCUT2D eigenvalue weighted by Crippen LogP contribution is -2.42. The summed E-state index contributed by atoms with van der Waals surface area (Å²) in [6.45, 7) is 0.369. The number of nitrogens with zero attached hydrogens (tertiary/aromatic N) is 2. The van der Waals surface area contributed by atoms with Crippen molar-refractivity contribution in [3.05, 3.63) is 28.4 Å². The molecular formula is C12H13N3O3S3. The van der Waals surface area contributed by atoms with Gasteiger partial charge in [-0.15, -0.1) is 11.3 Å². The van der Waals surface area contributed by atoms with Crippen molar-refractivity contribution < 1.29 is 13.2 Å². The molecular weight excluding hydrogens is 330 g/mol. The third-order valence-electron chi connectivity index (χ3n) is 3.27. The van der Waals surface area contributed by atoms with Gasteiger partial charge in [0.1, 0.15) is 6.04 Å². The van der Waals surface area contributed by atoms with Gasteiger partial charge in [-0.1, -0.05) is 0 Å². The molecule has 1 saturated heterocycles. The fraction of sp³-hybridized carbons (Fsp3) is 0.333. The number of amides is 1. The fourth-order valence-electron chi connectivity index (χ4n) is 2.30. The van der Waals surface area contributed by atoms with Crippen molar-refractivity contribution in [1.82, 2.24) is 9.29 Å². The Morgan fingerprint density at radius 2 is 2.29 bits per heavy atom. The number of carbonyl (C=O) groups excluding carboxylic acids is 1.